The quantitative estimate of drug-likeness (QED) is 0.228. The molecule has 0 fully saturated rings. The fourth-order valence-corrected chi connectivity index (χ4v) is 4.09. The normalized spacial score (nSPS) is 11.0. The van der Waals surface area contributed by atoms with E-state index in [0.717, 1.165) is 6.07 Å². The Hall–Kier alpha value is -3.15. The van der Waals surface area contributed by atoms with Crippen LogP contribution in [0.4, 0.5) is 4.39 Å². The third kappa shape index (κ3) is 4.01. The molecular weight excluding hydrogens is 452 g/mol. The maximum atomic E-state index is 15.1. The number of rotatable bonds is 6. The molecule has 0 saturated carbocycles. The van der Waals surface area contributed by atoms with Crippen molar-refractivity contribution in [3.05, 3.63) is 99.4 Å². The minimum absolute atomic E-state index is 0.121. The SMILES string of the molecule is CCCOC(=O)c1ccc(-n2cc(C(=O)c3c(Cl)cccc3Cl)c3ccccc32)c(F)c1. The summed E-state index contributed by atoms with van der Waals surface area (Å²) < 4.78 is 21.7. The van der Waals surface area contributed by atoms with Gasteiger partial charge < -0.3 is 9.30 Å². The average Bonchev–Trinajstić information content (AvgIpc) is 3.16. The summed E-state index contributed by atoms with van der Waals surface area (Å²) in [5.41, 5.74) is 1.46. The summed E-state index contributed by atoms with van der Waals surface area (Å²) >= 11 is 12.5. The standard InChI is InChI=1S/C25H18Cl2FNO3/c1-2-12-32-25(31)15-10-11-22(20(28)13-15)29-14-17(16-6-3-4-9-21(16)29)24(30)23-18(26)7-5-8-19(23)27/h3-11,13-14H,2,12H2,1H3. The van der Waals surface area contributed by atoms with Crippen LogP contribution in [0.15, 0.2) is 66.9 Å². The van der Waals surface area contributed by atoms with E-state index < -0.39 is 11.8 Å². The van der Waals surface area contributed by atoms with Crippen LogP contribution in [0.3, 0.4) is 0 Å². The average molecular weight is 470 g/mol. The Morgan fingerprint density at radius 3 is 2.41 bits per heavy atom. The van der Waals surface area contributed by atoms with E-state index in [0.29, 0.717) is 22.9 Å². The minimum atomic E-state index is -0.619. The molecule has 0 bridgehead atoms. The van der Waals surface area contributed by atoms with Gasteiger partial charge in [-0.15, -0.1) is 0 Å². The van der Waals surface area contributed by atoms with Crippen LogP contribution in [0.1, 0.15) is 39.6 Å². The zero-order valence-electron chi connectivity index (χ0n) is 17.1. The van der Waals surface area contributed by atoms with Gasteiger partial charge in [0, 0.05) is 17.1 Å². The van der Waals surface area contributed by atoms with Crippen LogP contribution in [-0.4, -0.2) is 22.9 Å². The lowest BCUT2D eigenvalue weighted by molar-refractivity contribution is 0.0504. The van der Waals surface area contributed by atoms with E-state index >= 15 is 4.39 Å². The van der Waals surface area contributed by atoms with Crippen LogP contribution in [-0.2, 0) is 4.74 Å². The van der Waals surface area contributed by atoms with Gasteiger partial charge in [0.1, 0.15) is 5.82 Å². The van der Waals surface area contributed by atoms with Gasteiger partial charge in [0.05, 0.1) is 39.0 Å². The van der Waals surface area contributed by atoms with E-state index in [1.807, 2.05) is 6.92 Å². The van der Waals surface area contributed by atoms with Crippen molar-refractivity contribution < 1.29 is 18.7 Å². The summed E-state index contributed by atoms with van der Waals surface area (Å²) in [5.74, 6) is -1.57. The Kier molecular flexibility index (Phi) is 6.31. The number of carbonyl (C=O) groups excluding carboxylic acids is 2. The summed E-state index contributed by atoms with van der Waals surface area (Å²) in [5, 5.41) is 1.10. The lowest BCUT2D eigenvalue weighted by Crippen LogP contribution is -2.07. The fourth-order valence-electron chi connectivity index (χ4n) is 3.52. The second-order valence-electron chi connectivity index (χ2n) is 7.16. The van der Waals surface area contributed by atoms with Crippen molar-refractivity contribution in [2.24, 2.45) is 0 Å². The number of carbonyl (C=O) groups is 2. The zero-order valence-corrected chi connectivity index (χ0v) is 18.6. The monoisotopic (exact) mass is 469 g/mol. The maximum Gasteiger partial charge on any atom is 0.338 e. The highest BCUT2D eigenvalue weighted by atomic mass is 35.5. The Labute approximate surface area is 194 Å². The molecule has 0 saturated heterocycles. The van der Waals surface area contributed by atoms with Crippen molar-refractivity contribution in [1.29, 1.82) is 0 Å². The molecule has 0 unspecified atom stereocenters. The number of nitrogens with zero attached hydrogens (tertiary/aromatic N) is 1. The number of aromatic nitrogens is 1. The van der Waals surface area contributed by atoms with Crippen molar-refractivity contribution in [2.45, 2.75) is 13.3 Å². The molecule has 4 rings (SSSR count). The van der Waals surface area contributed by atoms with Gasteiger partial charge in [-0.1, -0.05) is 54.4 Å². The third-order valence-corrected chi connectivity index (χ3v) is 5.66. The second kappa shape index (κ2) is 9.15. The molecule has 1 heterocycles. The molecule has 0 aliphatic heterocycles. The molecule has 0 amide bonds. The van der Waals surface area contributed by atoms with Gasteiger partial charge in [0.2, 0.25) is 0 Å². The Balaban J connectivity index is 1.82. The molecule has 0 radical (unpaired) electrons. The highest BCUT2D eigenvalue weighted by molar-refractivity contribution is 6.41. The van der Waals surface area contributed by atoms with Crippen LogP contribution in [0.5, 0.6) is 0 Å². The second-order valence-corrected chi connectivity index (χ2v) is 7.97. The number of para-hydroxylation sites is 1. The first-order valence-corrected chi connectivity index (χ1v) is 10.7. The Morgan fingerprint density at radius 1 is 1.00 bits per heavy atom. The van der Waals surface area contributed by atoms with Crippen molar-refractivity contribution in [1.82, 2.24) is 4.57 Å². The molecule has 0 atom stereocenters. The molecule has 0 aliphatic carbocycles. The largest absolute Gasteiger partial charge is 0.462 e. The molecular formula is C25H18Cl2FNO3. The number of ketones is 1. The first kappa shape index (κ1) is 22.1. The van der Waals surface area contributed by atoms with E-state index in [4.69, 9.17) is 27.9 Å². The molecule has 32 heavy (non-hydrogen) atoms. The number of halogens is 3. The van der Waals surface area contributed by atoms with Gasteiger partial charge in [0.15, 0.2) is 5.78 Å². The first-order valence-electron chi connectivity index (χ1n) is 9.98. The van der Waals surface area contributed by atoms with Crippen molar-refractivity contribution >= 4 is 45.9 Å². The van der Waals surface area contributed by atoms with E-state index in [-0.39, 0.29) is 39.2 Å². The van der Waals surface area contributed by atoms with Gasteiger partial charge in [0.25, 0.3) is 0 Å². The number of benzene rings is 3. The van der Waals surface area contributed by atoms with Crippen molar-refractivity contribution in [3.8, 4) is 5.69 Å². The van der Waals surface area contributed by atoms with E-state index in [1.165, 1.54) is 12.1 Å². The lowest BCUT2D eigenvalue weighted by atomic mass is 10.0. The van der Waals surface area contributed by atoms with E-state index in [1.54, 1.807) is 53.2 Å². The topological polar surface area (TPSA) is 48.3 Å². The number of hydrogen-bond donors (Lipinski definition) is 0. The highest BCUT2D eigenvalue weighted by Crippen LogP contribution is 2.32. The summed E-state index contributed by atoms with van der Waals surface area (Å²) in [7, 11) is 0. The third-order valence-electron chi connectivity index (χ3n) is 5.03. The van der Waals surface area contributed by atoms with Crippen LogP contribution in [0.2, 0.25) is 10.0 Å². The number of hydrogen-bond acceptors (Lipinski definition) is 3. The van der Waals surface area contributed by atoms with Crippen molar-refractivity contribution in [3.63, 3.8) is 0 Å². The maximum absolute atomic E-state index is 15.1. The predicted octanol–water partition coefficient (Wildman–Crippen LogP) is 6.87. The molecule has 0 spiro atoms. The van der Waals surface area contributed by atoms with Gasteiger partial charge >= 0.3 is 5.97 Å². The lowest BCUT2D eigenvalue weighted by Gasteiger charge is -2.09. The van der Waals surface area contributed by atoms with E-state index in [9.17, 15) is 9.59 Å². The van der Waals surface area contributed by atoms with Crippen LogP contribution in [0, 0.1) is 5.82 Å². The predicted molar refractivity (Wildman–Crippen MR) is 124 cm³/mol. The zero-order chi connectivity index (χ0) is 22.8. The smallest absolute Gasteiger partial charge is 0.338 e. The highest BCUT2D eigenvalue weighted by Gasteiger charge is 2.22. The molecule has 7 heteroatoms. The molecule has 0 aliphatic rings. The molecule has 0 N–H and O–H groups in total. The van der Waals surface area contributed by atoms with Gasteiger partial charge in [-0.3, -0.25) is 4.79 Å². The molecule has 162 valence electrons. The van der Waals surface area contributed by atoms with Crippen molar-refractivity contribution in [2.75, 3.05) is 6.61 Å². The minimum Gasteiger partial charge on any atom is -0.462 e. The van der Waals surface area contributed by atoms with Gasteiger partial charge in [-0.25, -0.2) is 9.18 Å². The molecule has 1 aromatic heterocycles. The molecule has 4 nitrogen and oxygen atoms in total. The molecule has 4 aromatic rings. The molecule has 3 aromatic carbocycles. The summed E-state index contributed by atoms with van der Waals surface area (Å²) in [6.07, 6.45) is 2.23. The van der Waals surface area contributed by atoms with Gasteiger partial charge in [-0.05, 0) is 42.8 Å². The summed E-state index contributed by atoms with van der Waals surface area (Å²) in [6.45, 7) is 2.14. The summed E-state index contributed by atoms with van der Waals surface area (Å²) in [6, 6.07) is 16.1. The Morgan fingerprint density at radius 2 is 1.72 bits per heavy atom. The fraction of sp³-hybridized carbons (Fsp3) is 0.120. The van der Waals surface area contributed by atoms with Crippen LogP contribution >= 0.6 is 23.2 Å². The Bertz CT molecular complexity index is 1330. The van der Waals surface area contributed by atoms with Gasteiger partial charge in [-0.2, -0.15) is 0 Å². The number of esters is 1. The number of fused-ring (bicyclic) bond motifs is 1. The summed E-state index contributed by atoms with van der Waals surface area (Å²) in [4.78, 5) is 25.4. The van der Waals surface area contributed by atoms with Crippen LogP contribution in [0.25, 0.3) is 16.6 Å². The first-order chi connectivity index (χ1) is 15.4. The van der Waals surface area contributed by atoms with Crippen LogP contribution < -0.4 is 0 Å². The van der Waals surface area contributed by atoms with E-state index in [2.05, 4.69) is 0 Å². The number of ether oxygens (including phenoxy) is 1.